The van der Waals surface area contributed by atoms with Crippen molar-refractivity contribution in [1.82, 2.24) is 25.3 Å². The molecule has 1 aromatic carbocycles. The van der Waals surface area contributed by atoms with E-state index in [0.29, 0.717) is 13.1 Å². The summed E-state index contributed by atoms with van der Waals surface area (Å²) in [6.45, 7) is 9.47. The number of hydrogen-bond donors (Lipinski definition) is 2. The van der Waals surface area contributed by atoms with Crippen LogP contribution in [0.4, 0.5) is 4.79 Å². The number of nitrogens with one attached hydrogen (secondary N) is 2. The van der Waals surface area contributed by atoms with Gasteiger partial charge in [0.15, 0.2) is 0 Å². The molecule has 1 aliphatic heterocycles. The third-order valence-corrected chi connectivity index (χ3v) is 4.93. The lowest BCUT2D eigenvalue weighted by atomic mass is 10.0. The van der Waals surface area contributed by atoms with Crippen molar-refractivity contribution in [3.63, 3.8) is 0 Å². The molecule has 0 spiro atoms. The summed E-state index contributed by atoms with van der Waals surface area (Å²) in [6, 6.07) is 9.98. The van der Waals surface area contributed by atoms with Crippen molar-refractivity contribution in [2.24, 2.45) is 0 Å². The molecule has 146 valence electrons. The highest BCUT2D eigenvalue weighted by molar-refractivity contribution is 5.73. The van der Waals surface area contributed by atoms with Gasteiger partial charge in [0.1, 0.15) is 0 Å². The highest BCUT2D eigenvalue weighted by Crippen LogP contribution is 2.15. The fraction of sp³-hybridized carbons (Fsp3) is 0.500. The number of aromatic nitrogens is 2. The molecular formula is C20H29N5O2. The quantitative estimate of drug-likeness (QED) is 0.779. The number of hydrogen-bond acceptors (Lipinski definition) is 4. The second-order valence-corrected chi connectivity index (χ2v) is 7.47. The lowest BCUT2D eigenvalue weighted by molar-refractivity contribution is -0.00874. The SMILES string of the molecule is CC(C)(CNC(=O)NCc1ccc(Cn2cccn2)cc1)N1CCOCC1. The molecule has 0 radical (unpaired) electrons. The smallest absolute Gasteiger partial charge is 0.315 e. The number of benzene rings is 1. The molecule has 2 aromatic rings. The van der Waals surface area contributed by atoms with Crippen LogP contribution in [0.5, 0.6) is 0 Å². The maximum Gasteiger partial charge on any atom is 0.315 e. The van der Waals surface area contributed by atoms with Crippen molar-refractivity contribution in [2.45, 2.75) is 32.5 Å². The lowest BCUT2D eigenvalue weighted by Crippen LogP contribution is -2.56. The van der Waals surface area contributed by atoms with E-state index in [1.807, 2.05) is 29.1 Å². The molecule has 7 heteroatoms. The summed E-state index contributed by atoms with van der Waals surface area (Å²) in [5.74, 6) is 0. The largest absolute Gasteiger partial charge is 0.379 e. The standard InChI is InChI=1S/C20H29N5O2/c1-20(2,24-10-12-27-13-11-24)16-22-19(26)21-14-17-4-6-18(7-5-17)15-25-9-3-8-23-25/h3-9H,10-16H2,1-2H3,(H2,21,22,26). The van der Waals surface area contributed by atoms with Crippen LogP contribution in [-0.2, 0) is 17.8 Å². The zero-order valence-electron chi connectivity index (χ0n) is 16.1. The van der Waals surface area contributed by atoms with Gasteiger partial charge >= 0.3 is 6.03 Å². The van der Waals surface area contributed by atoms with Gasteiger partial charge in [-0.3, -0.25) is 9.58 Å². The van der Waals surface area contributed by atoms with E-state index in [9.17, 15) is 4.79 Å². The Kier molecular flexibility index (Phi) is 6.47. The number of urea groups is 1. The molecule has 0 saturated carbocycles. The third kappa shape index (κ3) is 5.80. The Morgan fingerprint density at radius 1 is 1.15 bits per heavy atom. The first-order chi connectivity index (χ1) is 13.0. The van der Waals surface area contributed by atoms with Gasteiger partial charge in [0, 0.05) is 44.1 Å². The number of morpholine rings is 1. The van der Waals surface area contributed by atoms with Gasteiger partial charge in [0.05, 0.1) is 19.8 Å². The topological polar surface area (TPSA) is 71.4 Å². The van der Waals surface area contributed by atoms with Gasteiger partial charge in [-0.25, -0.2) is 4.79 Å². The Hall–Kier alpha value is -2.38. The molecule has 1 aromatic heterocycles. The first kappa shape index (κ1) is 19.4. The molecule has 3 rings (SSSR count). The molecule has 0 unspecified atom stereocenters. The highest BCUT2D eigenvalue weighted by atomic mass is 16.5. The normalized spacial score (nSPS) is 15.5. The minimum Gasteiger partial charge on any atom is -0.379 e. The van der Waals surface area contributed by atoms with Gasteiger partial charge < -0.3 is 15.4 Å². The molecule has 7 nitrogen and oxygen atoms in total. The van der Waals surface area contributed by atoms with Crippen LogP contribution in [0.15, 0.2) is 42.7 Å². The van der Waals surface area contributed by atoms with Crippen LogP contribution in [0, 0.1) is 0 Å². The Balaban J connectivity index is 1.40. The molecule has 2 heterocycles. The fourth-order valence-electron chi connectivity index (χ4n) is 3.17. The first-order valence-electron chi connectivity index (χ1n) is 9.43. The summed E-state index contributed by atoms with van der Waals surface area (Å²) < 4.78 is 7.29. The summed E-state index contributed by atoms with van der Waals surface area (Å²) >= 11 is 0. The Morgan fingerprint density at radius 3 is 2.52 bits per heavy atom. The zero-order valence-corrected chi connectivity index (χ0v) is 16.1. The maximum absolute atomic E-state index is 12.1. The molecule has 1 aliphatic rings. The van der Waals surface area contributed by atoms with E-state index < -0.39 is 0 Å². The summed E-state index contributed by atoms with van der Waals surface area (Å²) in [4.78, 5) is 14.5. The fourth-order valence-corrected chi connectivity index (χ4v) is 3.17. The van der Waals surface area contributed by atoms with Crippen LogP contribution >= 0.6 is 0 Å². The number of rotatable bonds is 7. The Bertz CT molecular complexity index is 706. The second kappa shape index (κ2) is 9.01. The molecule has 1 saturated heterocycles. The van der Waals surface area contributed by atoms with Crippen LogP contribution in [-0.4, -0.2) is 59.1 Å². The summed E-state index contributed by atoms with van der Waals surface area (Å²) in [5, 5.41) is 10.1. The number of nitrogens with zero attached hydrogens (tertiary/aromatic N) is 3. The predicted octanol–water partition coefficient (Wildman–Crippen LogP) is 1.84. The average molecular weight is 371 g/mol. The van der Waals surface area contributed by atoms with E-state index in [1.165, 1.54) is 5.56 Å². The van der Waals surface area contributed by atoms with Gasteiger partial charge in [-0.05, 0) is 31.0 Å². The number of carbonyl (C=O) groups is 1. The van der Waals surface area contributed by atoms with Crippen LogP contribution in [0.1, 0.15) is 25.0 Å². The maximum atomic E-state index is 12.1. The van der Waals surface area contributed by atoms with E-state index in [0.717, 1.165) is 38.4 Å². The van der Waals surface area contributed by atoms with Gasteiger partial charge in [-0.1, -0.05) is 24.3 Å². The number of amides is 2. The van der Waals surface area contributed by atoms with Crippen molar-refractivity contribution < 1.29 is 9.53 Å². The van der Waals surface area contributed by atoms with Crippen molar-refractivity contribution in [3.8, 4) is 0 Å². The Morgan fingerprint density at radius 2 is 1.85 bits per heavy atom. The van der Waals surface area contributed by atoms with Gasteiger partial charge in [-0.2, -0.15) is 5.10 Å². The van der Waals surface area contributed by atoms with Crippen LogP contribution in [0.2, 0.25) is 0 Å². The van der Waals surface area contributed by atoms with E-state index in [2.05, 4.69) is 46.6 Å². The van der Waals surface area contributed by atoms with E-state index in [1.54, 1.807) is 6.20 Å². The molecule has 0 aliphatic carbocycles. The highest BCUT2D eigenvalue weighted by Gasteiger charge is 2.28. The van der Waals surface area contributed by atoms with Crippen LogP contribution < -0.4 is 10.6 Å². The van der Waals surface area contributed by atoms with Crippen molar-refractivity contribution in [2.75, 3.05) is 32.8 Å². The molecule has 27 heavy (non-hydrogen) atoms. The van der Waals surface area contributed by atoms with Crippen molar-refractivity contribution in [1.29, 1.82) is 0 Å². The average Bonchev–Trinajstić information content (AvgIpc) is 3.20. The minimum atomic E-state index is -0.142. The molecule has 1 fully saturated rings. The van der Waals surface area contributed by atoms with E-state index >= 15 is 0 Å². The zero-order chi connectivity index (χ0) is 19.1. The third-order valence-electron chi connectivity index (χ3n) is 4.93. The molecular weight excluding hydrogens is 342 g/mol. The van der Waals surface area contributed by atoms with E-state index in [-0.39, 0.29) is 11.6 Å². The van der Waals surface area contributed by atoms with Crippen molar-refractivity contribution in [3.05, 3.63) is 53.9 Å². The molecule has 0 atom stereocenters. The van der Waals surface area contributed by atoms with Crippen molar-refractivity contribution >= 4 is 6.03 Å². The Labute approximate surface area is 160 Å². The minimum absolute atomic E-state index is 0.0880. The van der Waals surface area contributed by atoms with Crippen LogP contribution in [0.3, 0.4) is 0 Å². The van der Waals surface area contributed by atoms with Crippen LogP contribution in [0.25, 0.3) is 0 Å². The number of carbonyl (C=O) groups excluding carboxylic acids is 1. The monoisotopic (exact) mass is 371 g/mol. The molecule has 0 bridgehead atoms. The summed E-state index contributed by atoms with van der Waals surface area (Å²) in [7, 11) is 0. The van der Waals surface area contributed by atoms with Gasteiger partial charge in [0.2, 0.25) is 0 Å². The van der Waals surface area contributed by atoms with Gasteiger partial charge in [0.25, 0.3) is 0 Å². The number of ether oxygens (including phenoxy) is 1. The predicted molar refractivity (Wildman–Crippen MR) is 104 cm³/mol. The van der Waals surface area contributed by atoms with Gasteiger partial charge in [-0.15, -0.1) is 0 Å². The molecule has 2 amide bonds. The van der Waals surface area contributed by atoms with E-state index in [4.69, 9.17) is 4.74 Å². The summed E-state index contributed by atoms with van der Waals surface area (Å²) in [6.07, 6.45) is 3.72. The lowest BCUT2D eigenvalue weighted by Gasteiger charge is -2.40. The molecule has 2 N–H and O–H groups in total. The second-order valence-electron chi connectivity index (χ2n) is 7.47. The first-order valence-corrected chi connectivity index (χ1v) is 9.43. The summed E-state index contributed by atoms with van der Waals surface area (Å²) in [5.41, 5.74) is 2.16.